The van der Waals surface area contributed by atoms with Crippen LogP contribution in [0.4, 0.5) is 5.69 Å². The molecule has 140 valence electrons. The highest BCUT2D eigenvalue weighted by Gasteiger charge is 2.22. The summed E-state index contributed by atoms with van der Waals surface area (Å²) >= 11 is 0. The van der Waals surface area contributed by atoms with Gasteiger partial charge in [0.1, 0.15) is 11.4 Å². The number of aromatic nitrogens is 1. The number of carbonyl (C=O) groups is 1. The molecule has 1 aromatic heterocycles. The largest absolute Gasteiger partial charge is 0.494 e. The first kappa shape index (κ1) is 18.0. The highest BCUT2D eigenvalue weighted by atomic mass is 16.5. The second kappa shape index (κ2) is 7.31. The summed E-state index contributed by atoms with van der Waals surface area (Å²) in [7, 11) is 2.02. The number of nitrogens with zero attached hydrogens (tertiary/aromatic N) is 2. The first-order chi connectivity index (χ1) is 13.6. The van der Waals surface area contributed by atoms with Crippen LogP contribution in [0.1, 0.15) is 35.5 Å². The van der Waals surface area contributed by atoms with Crippen LogP contribution in [-0.4, -0.2) is 24.4 Å². The summed E-state index contributed by atoms with van der Waals surface area (Å²) in [6.45, 7) is 4.63. The standard InChI is InChI=1S/C24H22N2O2/c1-4-28-20-11-12-22-17(15-20)7-9-19(26(22)3)10-8-18-14-16(2)21-6-5-13-25-23(21)24(18)27/h5-15H,4H2,1-3H3/b18-8+,19-10-. The second-order valence-corrected chi connectivity index (χ2v) is 6.82. The average Bonchev–Trinajstić information content (AvgIpc) is 2.71. The molecule has 0 N–H and O–H groups in total. The Hall–Kier alpha value is -3.40. The Morgan fingerprint density at radius 2 is 2.04 bits per heavy atom. The summed E-state index contributed by atoms with van der Waals surface area (Å²) in [5.74, 6) is 0.829. The highest BCUT2D eigenvalue weighted by molar-refractivity contribution is 6.15. The maximum absolute atomic E-state index is 12.8. The summed E-state index contributed by atoms with van der Waals surface area (Å²) in [5.41, 5.74) is 6.35. The van der Waals surface area contributed by atoms with E-state index in [1.54, 1.807) is 6.20 Å². The fraction of sp³-hybridized carbons (Fsp3) is 0.167. The number of likely N-dealkylation sites (N-methyl/N-ethyl adjacent to an activating group) is 1. The number of fused-ring (bicyclic) bond motifs is 2. The van der Waals surface area contributed by atoms with Gasteiger partial charge < -0.3 is 9.64 Å². The minimum absolute atomic E-state index is 0.0396. The predicted molar refractivity (Wildman–Crippen MR) is 113 cm³/mol. The van der Waals surface area contributed by atoms with Gasteiger partial charge in [-0.3, -0.25) is 9.78 Å². The number of ether oxygens (including phenoxy) is 1. The first-order valence-corrected chi connectivity index (χ1v) is 9.37. The van der Waals surface area contributed by atoms with Crippen LogP contribution in [0.3, 0.4) is 0 Å². The number of hydrogen-bond acceptors (Lipinski definition) is 4. The predicted octanol–water partition coefficient (Wildman–Crippen LogP) is 5.05. The van der Waals surface area contributed by atoms with Crippen molar-refractivity contribution in [1.29, 1.82) is 0 Å². The number of benzene rings is 1. The third-order valence-corrected chi connectivity index (χ3v) is 5.01. The van der Waals surface area contributed by atoms with Crippen LogP contribution in [0.15, 0.2) is 72.1 Å². The lowest BCUT2D eigenvalue weighted by molar-refractivity contribution is 0.103. The van der Waals surface area contributed by atoms with Crippen LogP contribution < -0.4 is 9.64 Å². The van der Waals surface area contributed by atoms with Gasteiger partial charge in [0.25, 0.3) is 0 Å². The molecular weight excluding hydrogens is 348 g/mol. The molecule has 0 radical (unpaired) electrons. The van der Waals surface area contributed by atoms with Gasteiger partial charge in [-0.1, -0.05) is 12.1 Å². The van der Waals surface area contributed by atoms with Crippen molar-refractivity contribution < 1.29 is 9.53 Å². The Balaban J connectivity index is 1.65. The molecule has 0 atom stereocenters. The van der Waals surface area contributed by atoms with Crippen molar-refractivity contribution in [3.8, 4) is 5.75 Å². The molecule has 0 unspecified atom stereocenters. The maximum atomic E-state index is 12.8. The Morgan fingerprint density at radius 3 is 2.86 bits per heavy atom. The van der Waals surface area contributed by atoms with Gasteiger partial charge in [-0.15, -0.1) is 0 Å². The van der Waals surface area contributed by atoms with Crippen LogP contribution in [0, 0.1) is 0 Å². The minimum Gasteiger partial charge on any atom is -0.494 e. The van der Waals surface area contributed by atoms with Crippen LogP contribution in [0.2, 0.25) is 0 Å². The van der Waals surface area contributed by atoms with E-state index in [2.05, 4.69) is 22.0 Å². The number of allylic oxidation sites excluding steroid dienone is 6. The van der Waals surface area contributed by atoms with Crippen molar-refractivity contribution in [2.24, 2.45) is 0 Å². The van der Waals surface area contributed by atoms with Crippen molar-refractivity contribution in [2.75, 3.05) is 18.6 Å². The zero-order valence-corrected chi connectivity index (χ0v) is 16.3. The topological polar surface area (TPSA) is 42.4 Å². The van der Waals surface area contributed by atoms with Gasteiger partial charge in [-0.05, 0) is 68.0 Å². The van der Waals surface area contributed by atoms with Gasteiger partial charge in [0.15, 0.2) is 0 Å². The lowest BCUT2D eigenvalue weighted by atomic mass is 9.91. The number of rotatable bonds is 3. The van der Waals surface area contributed by atoms with Crippen LogP contribution in [-0.2, 0) is 0 Å². The fourth-order valence-corrected chi connectivity index (χ4v) is 3.54. The molecule has 0 spiro atoms. The Kier molecular flexibility index (Phi) is 4.70. The molecule has 0 saturated carbocycles. The van der Waals surface area contributed by atoms with Gasteiger partial charge >= 0.3 is 0 Å². The van der Waals surface area contributed by atoms with Gasteiger partial charge in [0, 0.05) is 41.3 Å². The summed E-state index contributed by atoms with van der Waals surface area (Å²) in [4.78, 5) is 19.1. The van der Waals surface area contributed by atoms with E-state index in [0.29, 0.717) is 17.9 Å². The summed E-state index contributed by atoms with van der Waals surface area (Å²) in [6.07, 6.45) is 11.6. The molecule has 1 aliphatic carbocycles. The lowest BCUT2D eigenvalue weighted by Crippen LogP contribution is -2.18. The van der Waals surface area contributed by atoms with Crippen molar-refractivity contribution in [2.45, 2.75) is 13.8 Å². The Bertz CT molecular complexity index is 1070. The van der Waals surface area contributed by atoms with E-state index in [0.717, 1.165) is 33.8 Å². The molecule has 2 heterocycles. The monoisotopic (exact) mass is 370 g/mol. The summed E-state index contributed by atoms with van der Waals surface area (Å²) < 4.78 is 5.59. The first-order valence-electron chi connectivity index (χ1n) is 9.37. The maximum Gasteiger partial charge on any atom is 0.211 e. The van der Waals surface area contributed by atoms with Gasteiger partial charge in [0.2, 0.25) is 5.78 Å². The van der Waals surface area contributed by atoms with Crippen molar-refractivity contribution in [3.63, 3.8) is 0 Å². The molecule has 0 amide bonds. The van der Waals surface area contributed by atoms with Crippen molar-refractivity contribution in [1.82, 2.24) is 4.98 Å². The van der Waals surface area contributed by atoms with Gasteiger partial charge in [-0.25, -0.2) is 0 Å². The van der Waals surface area contributed by atoms with Crippen LogP contribution >= 0.6 is 0 Å². The Labute approximate surface area is 165 Å². The van der Waals surface area contributed by atoms with E-state index in [4.69, 9.17) is 4.74 Å². The summed E-state index contributed by atoms with van der Waals surface area (Å²) in [5, 5.41) is 0. The van der Waals surface area contributed by atoms with Crippen LogP contribution in [0.25, 0.3) is 11.6 Å². The van der Waals surface area contributed by atoms with Crippen LogP contribution in [0.5, 0.6) is 5.75 Å². The normalized spacial score (nSPS) is 18.2. The van der Waals surface area contributed by atoms with Crippen molar-refractivity contribution in [3.05, 3.63) is 88.9 Å². The number of Topliss-reactive ketones (excluding diaryl/α,β-unsaturated/α-hetero) is 1. The highest BCUT2D eigenvalue weighted by Crippen LogP contribution is 2.33. The van der Waals surface area contributed by atoms with E-state index in [-0.39, 0.29) is 5.78 Å². The molecule has 4 heteroatoms. The number of carbonyl (C=O) groups excluding carboxylic acids is 1. The van der Waals surface area contributed by atoms with E-state index >= 15 is 0 Å². The molecule has 0 saturated heterocycles. The zero-order chi connectivity index (χ0) is 19.7. The molecule has 28 heavy (non-hydrogen) atoms. The third-order valence-electron chi connectivity index (χ3n) is 5.01. The zero-order valence-electron chi connectivity index (χ0n) is 16.3. The van der Waals surface area contributed by atoms with E-state index in [1.807, 2.05) is 69.5 Å². The summed E-state index contributed by atoms with van der Waals surface area (Å²) in [6, 6.07) is 9.87. The van der Waals surface area contributed by atoms with E-state index < -0.39 is 0 Å². The van der Waals surface area contributed by atoms with Gasteiger partial charge in [-0.2, -0.15) is 0 Å². The molecule has 4 rings (SSSR count). The number of ketones is 1. The number of hydrogen-bond donors (Lipinski definition) is 0. The average molecular weight is 370 g/mol. The molecule has 4 nitrogen and oxygen atoms in total. The Morgan fingerprint density at radius 1 is 1.18 bits per heavy atom. The van der Waals surface area contributed by atoms with E-state index in [1.165, 1.54) is 0 Å². The molecule has 2 aromatic rings. The minimum atomic E-state index is -0.0396. The lowest BCUT2D eigenvalue weighted by Gasteiger charge is -2.26. The van der Waals surface area contributed by atoms with E-state index in [9.17, 15) is 4.79 Å². The SMILES string of the molecule is CCOc1ccc2c(c1)C=C/C(=C/C=C1\C=C(C)c3cccnc3C1=O)N2C. The smallest absolute Gasteiger partial charge is 0.211 e. The molecule has 0 bridgehead atoms. The fourth-order valence-electron chi connectivity index (χ4n) is 3.54. The molecule has 1 aromatic carbocycles. The second-order valence-electron chi connectivity index (χ2n) is 6.82. The quantitative estimate of drug-likeness (QED) is 0.709. The van der Waals surface area contributed by atoms with Crippen molar-refractivity contribution >= 4 is 23.1 Å². The van der Waals surface area contributed by atoms with Gasteiger partial charge in [0.05, 0.1) is 6.61 Å². The number of anilines is 1. The molecular formula is C24H22N2O2. The molecule has 1 aliphatic heterocycles. The third kappa shape index (κ3) is 3.18. The molecule has 2 aliphatic rings. The number of pyridine rings is 1. The molecule has 0 fully saturated rings.